The first-order chi connectivity index (χ1) is 7.93. The van der Waals surface area contributed by atoms with E-state index in [1.165, 1.54) is 12.0 Å². The summed E-state index contributed by atoms with van der Waals surface area (Å²) in [4.78, 5) is 1.50. The number of alkyl halides is 2. The van der Waals surface area contributed by atoms with Crippen LogP contribution in [0.2, 0.25) is 0 Å². The lowest BCUT2D eigenvalue weighted by molar-refractivity contribution is 0.0975. The van der Waals surface area contributed by atoms with Crippen LogP contribution in [0.15, 0.2) is 16.6 Å². The maximum absolute atomic E-state index is 12.2. The Labute approximate surface area is 107 Å². The van der Waals surface area contributed by atoms with Crippen LogP contribution in [0.4, 0.5) is 8.78 Å². The van der Waals surface area contributed by atoms with Crippen LogP contribution in [-0.4, -0.2) is 37.1 Å². The fraction of sp³-hybridized carbons (Fsp3) is 0.455. The van der Waals surface area contributed by atoms with Crippen LogP contribution in [0.5, 0.6) is 11.5 Å². The van der Waals surface area contributed by atoms with E-state index in [1.54, 1.807) is 19.2 Å². The van der Waals surface area contributed by atoms with Crippen LogP contribution in [0, 0.1) is 0 Å². The highest BCUT2D eigenvalue weighted by Crippen LogP contribution is 2.35. The maximum Gasteiger partial charge on any atom is 0.251 e. The van der Waals surface area contributed by atoms with Crippen molar-refractivity contribution in [2.75, 3.05) is 20.7 Å². The summed E-state index contributed by atoms with van der Waals surface area (Å²) in [5.41, 5.74) is 0.787. The number of methoxy groups -OCH3 is 1. The quantitative estimate of drug-likeness (QED) is 0.908. The third-order valence-electron chi connectivity index (χ3n) is 2.21. The molecule has 1 aromatic carbocycles. The zero-order chi connectivity index (χ0) is 13.0. The molecule has 0 radical (unpaired) electrons. The summed E-state index contributed by atoms with van der Waals surface area (Å²) >= 11 is 3.18. The molecule has 17 heavy (non-hydrogen) atoms. The van der Waals surface area contributed by atoms with Gasteiger partial charge in [-0.15, -0.1) is 0 Å². The van der Waals surface area contributed by atoms with Gasteiger partial charge in [-0.1, -0.05) is 0 Å². The summed E-state index contributed by atoms with van der Waals surface area (Å²) in [5.74, 6) is 0.326. The Morgan fingerprint density at radius 1 is 1.47 bits per heavy atom. The normalized spacial score (nSPS) is 11.2. The lowest BCUT2D eigenvalue weighted by Gasteiger charge is -2.17. The molecule has 0 aliphatic rings. The molecule has 0 heterocycles. The smallest absolute Gasteiger partial charge is 0.251 e. The molecule has 1 rings (SSSR count). The lowest BCUT2D eigenvalue weighted by atomic mass is 10.2. The SMILES string of the molecule is COc1cc(CN(C)CC(F)F)cc(Br)c1O. The van der Waals surface area contributed by atoms with Crippen LogP contribution in [-0.2, 0) is 6.54 Å². The minimum absolute atomic E-state index is 0.00719. The summed E-state index contributed by atoms with van der Waals surface area (Å²) in [7, 11) is 3.05. The molecule has 96 valence electrons. The number of phenolic OH excluding ortho intramolecular Hbond substituents is 1. The van der Waals surface area contributed by atoms with Gasteiger partial charge in [-0.3, -0.25) is 4.90 Å². The number of hydrogen-bond donors (Lipinski definition) is 1. The predicted molar refractivity (Wildman–Crippen MR) is 64.7 cm³/mol. The standard InChI is InChI=1S/C11H14BrF2NO2/c1-15(6-10(13)14)5-7-3-8(12)11(16)9(4-7)17-2/h3-4,10,16H,5-6H2,1-2H3. The molecule has 0 saturated carbocycles. The Kier molecular flexibility index (Phi) is 5.14. The Morgan fingerprint density at radius 3 is 2.65 bits per heavy atom. The van der Waals surface area contributed by atoms with Crippen LogP contribution >= 0.6 is 15.9 Å². The number of benzene rings is 1. The average Bonchev–Trinajstić information content (AvgIpc) is 2.21. The Bertz CT molecular complexity index is 388. The molecule has 0 spiro atoms. The fourth-order valence-corrected chi connectivity index (χ4v) is 1.98. The van der Waals surface area contributed by atoms with E-state index >= 15 is 0 Å². The maximum atomic E-state index is 12.2. The van der Waals surface area contributed by atoms with Crippen molar-refractivity contribution in [2.45, 2.75) is 13.0 Å². The molecule has 0 atom stereocenters. The summed E-state index contributed by atoms with van der Waals surface area (Å²) in [6.45, 7) is 0.0698. The molecule has 1 N–H and O–H groups in total. The van der Waals surface area contributed by atoms with Crippen LogP contribution in [0.1, 0.15) is 5.56 Å². The minimum atomic E-state index is -2.36. The van der Waals surface area contributed by atoms with E-state index in [2.05, 4.69) is 15.9 Å². The number of nitrogens with zero attached hydrogens (tertiary/aromatic N) is 1. The molecule has 6 heteroatoms. The first-order valence-corrected chi connectivity index (χ1v) is 5.75. The van der Waals surface area contributed by atoms with E-state index < -0.39 is 6.43 Å². The zero-order valence-electron chi connectivity index (χ0n) is 9.58. The van der Waals surface area contributed by atoms with Crippen molar-refractivity contribution in [2.24, 2.45) is 0 Å². The van der Waals surface area contributed by atoms with E-state index in [0.717, 1.165) is 5.56 Å². The second-order valence-electron chi connectivity index (χ2n) is 3.72. The number of aromatic hydroxyl groups is 1. The number of hydrogen-bond acceptors (Lipinski definition) is 3. The molecule has 0 bridgehead atoms. The second kappa shape index (κ2) is 6.16. The number of halogens is 3. The number of ether oxygens (including phenoxy) is 1. The van der Waals surface area contributed by atoms with Gasteiger partial charge in [-0.2, -0.15) is 0 Å². The molecule has 0 fully saturated rings. The largest absolute Gasteiger partial charge is 0.503 e. The van der Waals surface area contributed by atoms with Gasteiger partial charge in [-0.25, -0.2) is 8.78 Å². The van der Waals surface area contributed by atoms with E-state index in [9.17, 15) is 13.9 Å². The number of rotatable bonds is 5. The van der Waals surface area contributed by atoms with E-state index in [1.807, 2.05) is 0 Å². The molecule has 0 amide bonds. The first-order valence-electron chi connectivity index (χ1n) is 4.96. The third kappa shape index (κ3) is 4.12. The van der Waals surface area contributed by atoms with E-state index in [-0.39, 0.29) is 12.3 Å². The van der Waals surface area contributed by atoms with Gasteiger partial charge >= 0.3 is 0 Å². The highest BCUT2D eigenvalue weighted by atomic mass is 79.9. The second-order valence-corrected chi connectivity index (χ2v) is 4.57. The van der Waals surface area contributed by atoms with Crippen molar-refractivity contribution in [1.82, 2.24) is 4.90 Å². The molecule has 0 unspecified atom stereocenters. The molecule has 0 aliphatic carbocycles. The topological polar surface area (TPSA) is 32.7 Å². The van der Waals surface area contributed by atoms with E-state index in [4.69, 9.17) is 4.74 Å². The van der Waals surface area contributed by atoms with Gasteiger partial charge in [0.05, 0.1) is 18.1 Å². The molecule has 0 saturated heterocycles. The van der Waals surface area contributed by atoms with Gasteiger partial charge in [0.25, 0.3) is 6.43 Å². The van der Waals surface area contributed by atoms with Crippen LogP contribution in [0.3, 0.4) is 0 Å². The highest BCUT2D eigenvalue weighted by molar-refractivity contribution is 9.10. The Balaban J connectivity index is 2.81. The predicted octanol–water partition coefficient (Wildman–Crippen LogP) is 2.86. The van der Waals surface area contributed by atoms with Gasteiger partial charge in [0.1, 0.15) is 0 Å². The Hall–Kier alpha value is -0.880. The molecular weight excluding hydrogens is 296 g/mol. The molecular formula is C11H14BrF2NO2. The van der Waals surface area contributed by atoms with Gasteiger partial charge in [0, 0.05) is 6.54 Å². The van der Waals surface area contributed by atoms with Gasteiger partial charge in [-0.05, 0) is 40.7 Å². The fourth-order valence-electron chi connectivity index (χ4n) is 1.49. The molecule has 0 aromatic heterocycles. The van der Waals surface area contributed by atoms with Crippen molar-refractivity contribution >= 4 is 15.9 Å². The average molecular weight is 310 g/mol. The van der Waals surface area contributed by atoms with Gasteiger partial charge in [0.15, 0.2) is 11.5 Å². The molecule has 1 aromatic rings. The van der Waals surface area contributed by atoms with Crippen molar-refractivity contribution in [3.05, 3.63) is 22.2 Å². The third-order valence-corrected chi connectivity index (χ3v) is 2.81. The summed E-state index contributed by atoms with van der Waals surface area (Å²) < 4.78 is 29.8. The van der Waals surface area contributed by atoms with Crippen molar-refractivity contribution < 1.29 is 18.6 Å². The van der Waals surface area contributed by atoms with Crippen molar-refractivity contribution in [3.8, 4) is 11.5 Å². The van der Waals surface area contributed by atoms with Gasteiger partial charge < -0.3 is 9.84 Å². The molecule has 0 aliphatic heterocycles. The summed E-state index contributed by atoms with van der Waals surface area (Å²) in [6.07, 6.45) is -2.36. The van der Waals surface area contributed by atoms with Crippen molar-refractivity contribution in [3.63, 3.8) is 0 Å². The van der Waals surface area contributed by atoms with Crippen molar-refractivity contribution in [1.29, 1.82) is 0 Å². The minimum Gasteiger partial charge on any atom is -0.503 e. The molecule has 3 nitrogen and oxygen atoms in total. The first kappa shape index (κ1) is 14.2. The zero-order valence-corrected chi connectivity index (χ0v) is 11.2. The summed E-state index contributed by atoms with van der Waals surface area (Å²) in [6, 6.07) is 3.31. The highest BCUT2D eigenvalue weighted by Gasteiger charge is 2.12. The number of phenols is 1. The monoisotopic (exact) mass is 309 g/mol. The van der Waals surface area contributed by atoms with Crippen LogP contribution in [0.25, 0.3) is 0 Å². The lowest BCUT2D eigenvalue weighted by Crippen LogP contribution is -2.24. The van der Waals surface area contributed by atoms with Crippen LogP contribution < -0.4 is 4.74 Å². The van der Waals surface area contributed by atoms with Gasteiger partial charge in [0.2, 0.25) is 0 Å². The van der Waals surface area contributed by atoms with E-state index in [0.29, 0.717) is 16.8 Å². The summed E-state index contributed by atoms with van der Waals surface area (Å²) in [5, 5.41) is 9.60. The Morgan fingerprint density at radius 2 is 2.12 bits per heavy atom.